The van der Waals surface area contributed by atoms with Gasteiger partial charge in [-0.2, -0.15) is 0 Å². The number of rotatable bonds is 7. The van der Waals surface area contributed by atoms with Crippen LogP contribution in [0.5, 0.6) is 5.75 Å². The molecule has 0 aliphatic carbocycles. The van der Waals surface area contributed by atoms with Gasteiger partial charge >= 0.3 is 0 Å². The van der Waals surface area contributed by atoms with Gasteiger partial charge in [0.1, 0.15) is 5.75 Å². The fraction of sp³-hybridized carbons (Fsp3) is 0.333. The molecule has 21 heavy (non-hydrogen) atoms. The maximum absolute atomic E-state index is 12.1. The standard InChI is InChI=1S/C15H20N2O3S/c1-12(2)20-14-3-5-15(6-4-14)21(18,19)17-10-8-13-7-9-16-11-13/h3-7,9,11-12,16-17H,8,10H2,1-2H3. The summed E-state index contributed by atoms with van der Waals surface area (Å²) in [5, 5.41) is 0. The van der Waals surface area contributed by atoms with E-state index >= 15 is 0 Å². The second-order valence-corrected chi connectivity index (χ2v) is 6.77. The van der Waals surface area contributed by atoms with Crippen molar-refractivity contribution in [3.63, 3.8) is 0 Å². The lowest BCUT2D eigenvalue weighted by Crippen LogP contribution is -2.25. The van der Waals surface area contributed by atoms with Crippen molar-refractivity contribution in [2.24, 2.45) is 0 Å². The van der Waals surface area contributed by atoms with Crippen LogP contribution in [0.1, 0.15) is 19.4 Å². The number of sulfonamides is 1. The molecule has 1 heterocycles. The first-order chi connectivity index (χ1) is 9.97. The fourth-order valence-electron chi connectivity index (χ4n) is 1.90. The van der Waals surface area contributed by atoms with E-state index in [1.54, 1.807) is 24.3 Å². The van der Waals surface area contributed by atoms with Crippen LogP contribution in [-0.2, 0) is 16.4 Å². The Morgan fingerprint density at radius 3 is 2.48 bits per heavy atom. The number of aromatic nitrogens is 1. The molecule has 0 amide bonds. The third kappa shape index (κ3) is 4.61. The molecule has 0 spiro atoms. The third-order valence-electron chi connectivity index (χ3n) is 2.87. The zero-order valence-electron chi connectivity index (χ0n) is 12.2. The van der Waals surface area contributed by atoms with Crippen LogP contribution in [0, 0.1) is 0 Å². The zero-order valence-corrected chi connectivity index (χ0v) is 13.0. The fourth-order valence-corrected chi connectivity index (χ4v) is 2.93. The Labute approximate surface area is 125 Å². The Morgan fingerprint density at radius 2 is 1.90 bits per heavy atom. The molecule has 0 radical (unpaired) electrons. The van der Waals surface area contributed by atoms with Crippen LogP contribution in [0.4, 0.5) is 0 Å². The van der Waals surface area contributed by atoms with Crippen molar-refractivity contribution in [1.82, 2.24) is 9.71 Å². The van der Waals surface area contributed by atoms with Gasteiger partial charge in [-0.05, 0) is 56.2 Å². The highest BCUT2D eigenvalue weighted by Gasteiger charge is 2.13. The number of hydrogen-bond acceptors (Lipinski definition) is 3. The number of aromatic amines is 1. The van der Waals surface area contributed by atoms with Gasteiger partial charge in [-0.3, -0.25) is 0 Å². The zero-order chi connectivity index (χ0) is 15.3. The molecule has 0 saturated carbocycles. The van der Waals surface area contributed by atoms with Crippen LogP contribution in [0.2, 0.25) is 0 Å². The number of ether oxygens (including phenoxy) is 1. The lowest BCUT2D eigenvalue weighted by atomic mass is 10.2. The van der Waals surface area contributed by atoms with E-state index in [4.69, 9.17) is 4.74 Å². The highest BCUT2D eigenvalue weighted by Crippen LogP contribution is 2.17. The van der Waals surface area contributed by atoms with E-state index < -0.39 is 10.0 Å². The molecule has 0 bridgehead atoms. The van der Waals surface area contributed by atoms with Crippen LogP contribution in [0.25, 0.3) is 0 Å². The van der Waals surface area contributed by atoms with E-state index in [1.807, 2.05) is 32.3 Å². The summed E-state index contributed by atoms with van der Waals surface area (Å²) in [6.45, 7) is 4.21. The number of H-pyrrole nitrogens is 1. The maximum atomic E-state index is 12.1. The quantitative estimate of drug-likeness (QED) is 0.824. The molecule has 5 nitrogen and oxygen atoms in total. The number of hydrogen-bond donors (Lipinski definition) is 2. The van der Waals surface area contributed by atoms with Crippen molar-refractivity contribution in [2.75, 3.05) is 6.54 Å². The predicted octanol–water partition coefficient (Wildman–Crippen LogP) is 2.32. The summed E-state index contributed by atoms with van der Waals surface area (Å²) in [6, 6.07) is 8.36. The topological polar surface area (TPSA) is 71.2 Å². The molecule has 0 atom stereocenters. The third-order valence-corrected chi connectivity index (χ3v) is 4.35. The van der Waals surface area contributed by atoms with Crippen molar-refractivity contribution < 1.29 is 13.2 Å². The van der Waals surface area contributed by atoms with Gasteiger partial charge in [0, 0.05) is 18.9 Å². The average Bonchev–Trinajstić information content (AvgIpc) is 2.91. The molecular weight excluding hydrogens is 288 g/mol. The SMILES string of the molecule is CC(C)Oc1ccc(S(=O)(=O)NCCc2cc[nH]c2)cc1. The molecule has 0 saturated heterocycles. The van der Waals surface area contributed by atoms with Gasteiger partial charge in [-0.1, -0.05) is 0 Å². The maximum Gasteiger partial charge on any atom is 0.240 e. The monoisotopic (exact) mass is 308 g/mol. The first-order valence-corrected chi connectivity index (χ1v) is 8.34. The summed E-state index contributed by atoms with van der Waals surface area (Å²) in [5.41, 5.74) is 1.07. The highest BCUT2D eigenvalue weighted by molar-refractivity contribution is 7.89. The molecule has 2 aromatic rings. The Kier molecular flexibility index (Phi) is 5.03. The smallest absolute Gasteiger partial charge is 0.240 e. The van der Waals surface area contributed by atoms with E-state index in [2.05, 4.69) is 9.71 Å². The lowest BCUT2D eigenvalue weighted by molar-refractivity contribution is 0.242. The number of benzene rings is 1. The summed E-state index contributed by atoms with van der Waals surface area (Å²) in [6.07, 6.45) is 4.38. The predicted molar refractivity (Wildman–Crippen MR) is 81.9 cm³/mol. The highest BCUT2D eigenvalue weighted by atomic mass is 32.2. The molecule has 1 aromatic carbocycles. The molecule has 0 unspecified atom stereocenters. The van der Waals surface area contributed by atoms with Crippen molar-refractivity contribution in [1.29, 1.82) is 0 Å². The van der Waals surface area contributed by atoms with Gasteiger partial charge in [0.2, 0.25) is 10.0 Å². The molecule has 0 aliphatic heterocycles. The summed E-state index contributed by atoms with van der Waals surface area (Å²) in [5.74, 6) is 0.663. The summed E-state index contributed by atoms with van der Waals surface area (Å²) >= 11 is 0. The summed E-state index contributed by atoms with van der Waals surface area (Å²) < 4.78 is 32.4. The molecule has 114 valence electrons. The average molecular weight is 308 g/mol. The Hall–Kier alpha value is -1.79. The van der Waals surface area contributed by atoms with Gasteiger partial charge < -0.3 is 9.72 Å². The molecule has 0 fully saturated rings. The van der Waals surface area contributed by atoms with Crippen molar-refractivity contribution >= 4 is 10.0 Å². The Bertz CT molecular complexity index is 647. The second-order valence-electron chi connectivity index (χ2n) is 5.01. The first kappa shape index (κ1) is 15.6. The minimum atomic E-state index is -3.47. The van der Waals surface area contributed by atoms with E-state index in [0.29, 0.717) is 18.7 Å². The molecule has 6 heteroatoms. The minimum Gasteiger partial charge on any atom is -0.491 e. The second kappa shape index (κ2) is 6.78. The van der Waals surface area contributed by atoms with Crippen LogP contribution >= 0.6 is 0 Å². The summed E-state index contributed by atoms with van der Waals surface area (Å²) in [4.78, 5) is 3.18. The van der Waals surface area contributed by atoms with E-state index in [0.717, 1.165) is 5.56 Å². The molecule has 0 aliphatic rings. The normalized spacial score (nSPS) is 11.8. The first-order valence-electron chi connectivity index (χ1n) is 6.85. The van der Waals surface area contributed by atoms with Crippen molar-refractivity contribution in [3.05, 3.63) is 48.3 Å². The molecular formula is C15H20N2O3S. The van der Waals surface area contributed by atoms with E-state index in [1.165, 1.54) is 0 Å². The Balaban J connectivity index is 1.95. The van der Waals surface area contributed by atoms with Crippen molar-refractivity contribution in [2.45, 2.75) is 31.3 Å². The lowest BCUT2D eigenvalue weighted by Gasteiger charge is -2.10. The molecule has 2 N–H and O–H groups in total. The van der Waals surface area contributed by atoms with Crippen LogP contribution in [0.3, 0.4) is 0 Å². The largest absolute Gasteiger partial charge is 0.491 e. The molecule has 1 aromatic heterocycles. The van der Waals surface area contributed by atoms with Gasteiger partial charge in [0.15, 0.2) is 0 Å². The van der Waals surface area contributed by atoms with Gasteiger partial charge in [-0.25, -0.2) is 13.1 Å². The minimum absolute atomic E-state index is 0.0620. The molecule has 2 rings (SSSR count). The van der Waals surface area contributed by atoms with Crippen LogP contribution in [-0.4, -0.2) is 26.1 Å². The number of nitrogens with one attached hydrogen (secondary N) is 2. The van der Waals surface area contributed by atoms with Gasteiger partial charge in [0.25, 0.3) is 0 Å². The summed E-state index contributed by atoms with van der Waals surface area (Å²) in [7, 11) is -3.47. The van der Waals surface area contributed by atoms with Crippen LogP contribution < -0.4 is 9.46 Å². The van der Waals surface area contributed by atoms with Crippen LogP contribution in [0.15, 0.2) is 47.6 Å². The van der Waals surface area contributed by atoms with Crippen molar-refractivity contribution in [3.8, 4) is 5.75 Å². The van der Waals surface area contributed by atoms with E-state index in [9.17, 15) is 8.42 Å². The van der Waals surface area contributed by atoms with Gasteiger partial charge in [0.05, 0.1) is 11.0 Å². The van der Waals surface area contributed by atoms with E-state index in [-0.39, 0.29) is 11.0 Å². The Morgan fingerprint density at radius 1 is 1.19 bits per heavy atom. The van der Waals surface area contributed by atoms with Gasteiger partial charge in [-0.15, -0.1) is 0 Å².